The number of carboxylic acid groups (broad SMARTS) is 1. The molecule has 1 aromatic carbocycles. The van der Waals surface area contributed by atoms with Crippen molar-refractivity contribution in [2.75, 3.05) is 0 Å². The summed E-state index contributed by atoms with van der Waals surface area (Å²) >= 11 is 3.54. The van der Waals surface area contributed by atoms with E-state index in [1.54, 1.807) is 13.8 Å². The largest absolute Gasteiger partial charge is 0.478 e. The maximum atomic E-state index is 10.9. The van der Waals surface area contributed by atoms with Crippen molar-refractivity contribution in [1.29, 1.82) is 0 Å². The molecule has 0 radical (unpaired) electrons. The van der Waals surface area contributed by atoms with Crippen LogP contribution in [-0.2, 0) is 11.1 Å². The van der Waals surface area contributed by atoms with Gasteiger partial charge < -0.3 is 9.66 Å². The number of carboxylic acids is 1. The molecule has 6 heteroatoms. The molecule has 82 valence electrons. The summed E-state index contributed by atoms with van der Waals surface area (Å²) in [5.41, 5.74) is 1.00. The summed E-state index contributed by atoms with van der Waals surface area (Å²) in [5, 5.41) is 9.00. The number of benzene rings is 1. The lowest BCUT2D eigenvalue weighted by molar-refractivity contribution is 0.0695. The average molecular weight is 249 g/mol. The lowest BCUT2D eigenvalue weighted by atomic mass is 10.0. The van der Waals surface area contributed by atoms with Gasteiger partial charge in [-0.3, -0.25) is 0 Å². The van der Waals surface area contributed by atoms with Gasteiger partial charge in [0.2, 0.25) is 0 Å². The second-order valence-electron chi connectivity index (χ2n) is 3.04. The first-order chi connectivity index (χ1) is 6.86. The van der Waals surface area contributed by atoms with E-state index in [0.717, 1.165) is 6.07 Å². The Hall–Kier alpha value is -0.910. The molecule has 1 unspecified atom stereocenters. The number of carbonyl (C=O) groups is 1. The molecule has 0 aromatic heterocycles. The lowest BCUT2D eigenvalue weighted by Gasteiger charge is -2.09. The summed E-state index contributed by atoms with van der Waals surface area (Å²) in [5.74, 6) is -1.14. The van der Waals surface area contributed by atoms with Crippen molar-refractivity contribution in [3.63, 3.8) is 0 Å². The topological polar surface area (TPSA) is 74.6 Å². The molecule has 0 heterocycles. The Morgan fingerprint density at radius 1 is 1.40 bits per heavy atom. The maximum Gasteiger partial charge on any atom is 0.336 e. The molecular weight excluding hydrogens is 240 g/mol. The van der Waals surface area contributed by atoms with Crippen molar-refractivity contribution in [3.05, 3.63) is 27.8 Å². The summed E-state index contributed by atoms with van der Waals surface area (Å²) < 4.78 is 19.8. The maximum absolute atomic E-state index is 10.9. The van der Waals surface area contributed by atoms with Crippen LogP contribution in [0.2, 0.25) is 5.02 Å². The van der Waals surface area contributed by atoms with Crippen LogP contribution in [0.4, 0.5) is 0 Å². The summed E-state index contributed by atoms with van der Waals surface area (Å²) in [4.78, 5) is 10.8. The molecule has 1 atom stereocenters. The summed E-state index contributed by atoms with van der Waals surface area (Å²) in [6, 6.07) is 1.13. The Morgan fingerprint density at radius 2 is 1.93 bits per heavy atom. The van der Waals surface area contributed by atoms with Gasteiger partial charge in [-0.05, 0) is 31.0 Å². The second kappa shape index (κ2) is 4.30. The molecule has 0 fully saturated rings. The fraction of sp³-hybridized carbons (Fsp3) is 0.222. The molecule has 0 spiro atoms. The van der Waals surface area contributed by atoms with E-state index in [4.69, 9.17) is 21.3 Å². The van der Waals surface area contributed by atoms with Crippen LogP contribution in [-0.4, -0.2) is 19.8 Å². The highest BCUT2D eigenvalue weighted by Gasteiger charge is 2.17. The standard InChI is InChI=1S/C9H9ClO4S/c1-4-5(2)8(10)7(15(13)14)3-6(4)9(11)12/h3H,1-2H3,(H,11,12)(H,13,14). The number of aromatic carboxylic acids is 1. The first-order valence-corrected chi connectivity index (χ1v) is 5.48. The van der Waals surface area contributed by atoms with Crippen LogP contribution in [0, 0.1) is 13.8 Å². The third kappa shape index (κ3) is 2.19. The summed E-state index contributed by atoms with van der Waals surface area (Å²) in [7, 11) is 0. The number of halogens is 1. The minimum Gasteiger partial charge on any atom is -0.478 e. The Balaban J connectivity index is 3.59. The third-order valence-corrected chi connectivity index (χ3v) is 3.50. The van der Waals surface area contributed by atoms with Crippen molar-refractivity contribution < 1.29 is 18.7 Å². The van der Waals surface area contributed by atoms with E-state index in [1.165, 1.54) is 0 Å². The van der Waals surface area contributed by atoms with Crippen LogP contribution >= 0.6 is 11.6 Å². The van der Waals surface area contributed by atoms with E-state index in [2.05, 4.69) is 0 Å². The van der Waals surface area contributed by atoms with Gasteiger partial charge in [0.25, 0.3) is 0 Å². The van der Waals surface area contributed by atoms with Crippen molar-refractivity contribution >= 4 is 28.7 Å². The molecule has 0 amide bonds. The molecule has 0 aliphatic rings. The summed E-state index contributed by atoms with van der Waals surface area (Å²) in [6.45, 7) is 3.22. The zero-order chi connectivity index (χ0) is 11.7. The van der Waals surface area contributed by atoms with Crippen LogP contribution in [0.25, 0.3) is 0 Å². The van der Waals surface area contributed by atoms with Crippen LogP contribution in [0.3, 0.4) is 0 Å². The predicted octanol–water partition coefficient (Wildman–Crippen LogP) is 2.24. The molecule has 2 N–H and O–H groups in total. The van der Waals surface area contributed by atoms with Crippen LogP contribution < -0.4 is 0 Å². The molecule has 1 aromatic rings. The zero-order valence-electron chi connectivity index (χ0n) is 8.07. The predicted molar refractivity (Wildman–Crippen MR) is 56.9 cm³/mol. The van der Waals surface area contributed by atoms with Crippen LogP contribution in [0.1, 0.15) is 21.5 Å². The van der Waals surface area contributed by atoms with E-state index < -0.39 is 17.0 Å². The molecule has 0 aliphatic heterocycles. The Kier molecular flexibility index (Phi) is 3.49. The second-order valence-corrected chi connectivity index (χ2v) is 4.36. The number of hydrogen-bond donors (Lipinski definition) is 2. The molecule has 0 bridgehead atoms. The van der Waals surface area contributed by atoms with Gasteiger partial charge >= 0.3 is 5.97 Å². The quantitative estimate of drug-likeness (QED) is 0.787. The van der Waals surface area contributed by atoms with Crippen LogP contribution in [0.15, 0.2) is 11.0 Å². The fourth-order valence-corrected chi connectivity index (χ4v) is 2.12. The molecular formula is C9H9ClO4S. The first kappa shape index (κ1) is 12.2. The van der Waals surface area contributed by atoms with Gasteiger partial charge in [-0.15, -0.1) is 0 Å². The highest BCUT2D eigenvalue weighted by Crippen LogP contribution is 2.28. The minimum atomic E-state index is -2.28. The molecule has 0 saturated carbocycles. The smallest absolute Gasteiger partial charge is 0.336 e. The van der Waals surface area contributed by atoms with Crippen LogP contribution in [0.5, 0.6) is 0 Å². The van der Waals surface area contributed by atoms with E-state index in [9.17, 15) is 9.00 Å². The van der Waals surface area contributed by atoms with Gasteiger partial charge in [0.1, 0.15) is 0 Å². The molecule has 0 saturated heterocycles. The summed E-state index contributed by atoms with van der Waals surface area (Å²) in [6.07, 6.45) is 0. The average Bonchev–Trinajstić information content (AvgIpc) is 2.13. The van der Waals surface area contributed by atoms with Gasteiger partial charge in [0, 0.05) is 0 Å². The molecule has 0 aliphatic carbocycles. The van der Waals surface area contributed by atoms with Crippen molar-refractivity contribution in [1.82, 2.24) is 0 Å². The minimum absolute atomic E-state index is 0.00528. The van der Waals surface area contributed by atoms with Gasteiger partial charge in [-0.1, -0.05) is 11.6 Å². The monoisotopic (exact) mass is 248 g/mol. The first-order valence-electron chi connectivity index (χ1n) is 4.00. The molecule has 15 heavy (non-hydrogen) atoms. The van der Waals surface area contributed by atoms with Gasteiger partial charge in [0.15, 0.2) is 11.1 Å². The molecule has 4 nitrogen and oxygen atoms in total. The fourth-order valence-electron chi connectivity index (χ4n) is 1.20. The Labute approximate surface area is 94.2 Å². The van der Waals surface area contributed by atoms with Crippen molar-refractivity contribution in [2.24, 2.45) is 0 Å². The van der Waals surface area contributed by atoms with E-state index in [1.807, 2.05) is 0 Å². The Bertz CT molecular complexity index is 418. The number of hydrogen-bond acceptors (Lipinski definition) is 2. The lowest BCUT2D eigenvalue weighted by Crippen LogP contribution is -2.05. The van der Waals surface area contributed by atoms with Crippen molar-refractivity contribution in [3.8, 4) is 0 Å². The zero-order valence-corrected chi connectivity index (χ0v) is 9.65. The third-order valence-electron chi connectivity index (χ3n) is 2.21. The highest BCUT2D eigenvalue weighted by atomic mass is 35.5. The Morgan fingerprint density at radius 3 is 2.33 bits per heavy atom. The SMILES string of the molecule is Cc1c(C(=O)O)cc(S(=O)O)c(Cl)c1C. The van der Waals surface area contributed by atoms with Gasteiger partial charge in [-0.2, -0.15) is 0 Å². The number of rotatable bonds is 2. The van der Waals surface area contributed by atoms with E-state index in [0.29, 0.717) is 11.1 Å². The molecule has 1 rings (SSSR count). The van der Waals surface area contributed by atoms with Gasteiger partial charge in [-0.25, -0.2) is 9.00 Å². The van der Waals surface area contributed by atoms with E-state index >= 15 is 0 Å². The van der Waals surface area contributed by atoms with Crippen molar-refractivity contribution in [2.45, 2.75) is 18.7 Å². The highest BCUT2D eigenvalue weighted by molar-refractivity contribution is 7.79. The normalized spacial score (nSPS) is 12.5. The van der Waals surface area contributed by atoms with Gasteiger partial charge in [0.05, 0.1) is 15.5 Å². The van der Waals surface area contributed by atoms with E-state index in [-0.39, 0.29) is 15.5 Å².